The highest BCUT2D eigenvalue weighted by Crippen LogP contribution is 2.36. The standard InChI is InChI=1S/C30H27F2N5/c1-5-18(17-37(3)4)12-19(6-2)22-10-11-25-28(29(22)32)30(36-35-25)26-14-23-24(15-33-16-27(23)34-26)20-8-7-9-21(31)13-20/h5-16,34H,1,17H2,2-4H3,(H,35,36)/b18-12+,19-6+. The van der Waals surface area contributed by atoms with Crippen LogP contribution >= 0.6 is 0 Å². The lowest BCUT2D eigenvalue weighted by Crippen LogP contribution is -2.14. The van der Waals surface area contributed by atoms with Gasteiger partial charge in [-0.3, -0.25) is 10.1 Å². The highest BCUT2D eigenvalue weighted by Gasteiger charge is 2.19. The van der Waals surface area contributed by atoms with Gasteiger partial charge in [0, 0.05) is 29.3 Å². The summed E-state index contributed by atoms with van der Waals surface area (Å²) in [4.78, 5) is 9.67. The zero-order chi connectivity index (χ0) is 26.1. The third-order valence-corrected chi connectivity index (χ3v) is 6.33. The van der Waals surface area contributed by atoms with Crippen molar-refractivity contribution in [3.63, 3.8) is 0 Å². The number of aromatic nitrogens is 4. The Labute approximate surface area is 213 Å². The third-order valence-electron chi connectivity index (χ3n) is 6.33. The number of likely N-dealkylation sites (N-methyl/N-ethyl adjacent to an activating group) is 1. The summed E-state index contributed by atoms with van der Waals surface area (Å²) >= 11 is 0. The summed E-state index contributed by atoms with van der Waals surface area (Å²) in [5.41, 5.74) is 6.16. The molecule has 0 atom stereocenters. The van der Waals surface area contributed by atoms with Crippen molar-refractivity contribution in [2.45, 2.75) is 6.92 Å². The lowest BCUT2D eigenvalue weighted by Gasteiger charge is -2.12. The van der Waals surface area contributed by atoms with Crippen LogP contribution in [-0.2, 0) is 0 Å². The number of benzene rings is 2. The Kier molecular flexibility index (Phi) is 6.54. The van der Waals surface area contributed by atoms with Crippen LogP contribution < -0.4 is 0 Å². The van der Waals surface area contributed by atoms with E-state index >= 15 is 4.39 Å². The fourth-order valence-corrected chi connectivity index (χ4v) is 4.61. The number of H-pyrrole nitrogens is 2. The van der Waals surface area contributed by atoms with E-state index in [1.54, 1.807) is 30.6 Å². The van der Waals surface area contributed by atoms with Crippen LogP contribution in [0.2, 0.25) is 0 Å². The Morgan fingerprint density at radius 3 is 2.65 bits per heavy atom. The Bertz CT molecular complexity index is 1690. The molecule has 37 heavy (non-hydrogen) atoms. The molecule has 0 saturated carbocycles. The number of aromatic amines is 2. The summed E-state index contributed by atoms with van der Waals surface area (Å²) in [6, 6.07) is 11.9. The first kappa shape index (κ1) is 24.3. The molecule has 0 aliphatic carbocycles. The van der Waals surface area contributed by atoms with Gasteiger partial charge in [0.25, 0.3) is 0 Å². The largest absolute Gasteiger partial charge is 0.352 e. The molecule has 0 radical (unpaired) electrons. The topological polar surface area (TPSA) is 60.6 Å². The molecule has 7 heteroatoms. The number of pyridine rings is 1. The lowest BCUT2D eigenvalue weighted by atomic mass is 9.98. The van der Waals surface area contributed by atoms with Crippen LogP contribution in [0.1, 0.15) is 12.5 Å². The van der Waals surface area contributed by atoms with Gasteiger partial charge < -0.3 is 9.88 Å². The van der Waals surface area contributed by atoms with Crippen molar-refractivity contribution >= 4 is 27.4 Å². The van der Waals surface area contributed by atoms with Crippen molar-refractivity contribution in [1.29, 1.82) is 0 Å². The second-order valence-corrected chi connectivity index (χ2v) is 9.17. The molecule has 0 aliphatic rings. The maximum Gasteiger partial charge on any atom is 0.142 e. The first-order chi connectivity index (χ1) is 17.9. The molecule has 5 nitrogen and oxygen atoms in total. The predicted octanol–water partition coefficient (Wildman–Crippen LogP) is 7.13. The zero-order valence-corrected chi connectivity index (χ0v) is 20.9. The third kappa shape index (κ3) is 4.61. The summed E-state index contributed by atoms with van der Waals surface area (Å²) in [5.74, 6) is -0.682. The van der Waals surface area contributed by atoms with Crippen LogP contribution in [0.3, 0.4) is 0 Å². The van der Waals surface area contributed by atoms with Gasteiger partial charge in [-0.05, 0) is 68.1 Å². The van der Waals surface area contributed by atoms with Crippen LogP contribution in [0.4, 0.5) is 8.78 Å². The number of nitrogens with one attached hydrogen (secondary N) is 2. The Balaban J connectivity index is 1.64. The monoisotopic (exact) mass is 495 g/mol. The molecule has 2 N–H and O–H groups in total. The SMILES string of the molecule is C=C/C(=C\C(=C/C)c1ccc2[nH]nc(-c3cc4c(-c5cccc(F)c5)cncc4[nH]3)c2c1F)CN(C)C. The number of halogens is 2. The van der Waals surface area contributed by atoms with Gasteiger partial charge in [0.05, 0.1) is 28.3 Å². The number of hydrogen-bond acceptors (Lipinski definition) is 3. The van der Waals surface area contributed by atoms with Crippen molar-refractivity contribution in [2.75, 3.05) is 20.6 Å². The van der Waals surface area contributed by atoms with Gasteiger partial charge in [-0.25, -0.2) is 8.78 Å². The Hall–Kier alpha value is -4.36. The molecule has 186 valence electrons. The average Bonchev–Trinajstić information content (AvgIpc) is 3.51. The minimum absolute atomic E-state index is 0.322. The second kappa shape index (κ2) is 9.95. The van der Waals surface area contributed by atoms with Crippen molar-refractivity contribution in [1.82, 2.24) is 25.1 Å². The molecule has 0 bridgehead atoms. The minimum atomic E-state index is -0.360. The molecular weight excluding hydrogens is 468 g/mol. The highest BCUT2D eigenvalue weighted by molar-refractivity contribution is 6.01. The number of nitrogens with zero attached hydrogens (tertiary/aromatic N) is 3. The Morgan fingerprint density at radius 2 is 1.92 bits per heavy atom. The smallest absolute Gasteiger partial charge is 0.142 e. The van der Waals surface area contributed by atoms with Gasteiger partial charge in [-0.1, -0.05) is 36.9 Å². The van der Waals surface area contributed by atoms with Gasteiger partial charge in [-0.2, -0.15) is 5.10 Å². The number of allylic oxidation sites excluding steroid dienone is 3. The summed E-state index contributed by atoms with van der Waals surface area (Å²) in [5, 5.41) is 8.64. The van der Waals surface area contributed by atoms with Crippen LogP contribution in [0.15, 0.2) is 85.2 Å². The van der Waals surface area contributed by atoms with Gasteiger partial charge in [-0.15, -0.1) is 0 Å². The highest BCUT2D eigenvalue weighted by atomic mass is 19.1. The number of rotatable bonds is 7. The average molecular weight is 496 g/mol. The predicted molar refractivity (Wildman–Crippen MR) is 147 cm³/mol. The second-order valence-electron chi connectivity index (χ2n) is 9.17. The summed E-state index contributed by atoms with van der Waals surface area (Å²) < 4.78 is 30.0. The molecule has 0 unspecified atom stereocenters. The van der Waals surface area contributed by atoms with E-state index in [-0.39, 0.29) is 11.6 Å². The van der Waals surface area contributed by atoms with E-state index in [0.717, 1.165) is 27.6 Å². The maximum atomic E-state index is 16.1. The summed E-state index contributed by atoms with van der Waals surface area (Å²) in [6.45, 7) is 6.49. The molecule has 5 aromatic rings. The molecule has 0 saturated heterocycles. The maximum absolute atomic E-state index is 16.1. The van der Waals surface area contributed by atoms with Crippen LogP contribution in [-0.4, -0.2) is 45.7 Å². The molecule has 5 rings (SSSR count). The molecule has 3 heterocycles. The normalized spacial score (nSPS) is 12.7. The molecule has 3 aromatic heterocycles. The fraction of sp³-hybridized carbons (Fsp3) is 0.133. The van der Waals surface area contributed by atoms with E-state index in [1.807, 2.05) is 56.3 Å². The van der Waals surface area contributed by atoms with Gasteiger partial charge in [0.2, 0.25) is 0 Å². The van der Waals surface area contributed by atoms with E-state index in [4.69, 9.17) is 0 Å². The molecule has 0 spiro atoms. The van der Waals surface area contributed by atoms with E-state index < -0.39 is 0 Å². The fourth-order valence-electron chi connectivity index (χ4n) is 4.61. The van der Waals surface area contributed by atoms with E-state index in [9.17, 15) is 4.39 Å². The Morgan fingerprint density at radius 1 is 1.08 bits per heavy atom. The summed E-state index contributed by atoms with van der Waals surface area (Å²) in [6.07, 6.45) is 9.03. The summed E-state index contributed by atoms with van der Waals surface area (Å²) in [7, 11) is 3.96. The lowest BCUT2D eigenvalue weighted by molar-refractivity contribution is 0.449. The van der Waals surface area contributed by atoms with Crippen LogP contribution in [0.25, 0.3) is 49.9 Å². The van der Waals surface area contributed by atoms with Gasteiger partial charge in [0.15, 0.2) is 0 Å². The zero-order valence-electron chi connectivity index (χ0n) is 20.9. The first-order valence-electron chi connectivity index (χ1n) is 11.9. The number of hydrogen-bond donors (Lipinski definition) is 2. The molecule has 0 fully saturated rings. The molecule has 2 aromatic carbocycles. The van der Waals surface area contributed by atoms with Crippen molar-refractivity contribution in [3.8, 4) is 22.5 Å². The first-order valence-corrected chi connectivity index (χ1v) is 11.9. The van der Waals surface area contributed by atoms with E-state index in [0.29, 0.717) is 40.0 Å². The van der Waals surface area contributed by atoms with Crippen molar-refractivity contribution in [2.24, 2.45) is 0 Å². The van der Waals surface area contributed by atoms with E-state index in [2.05, 4.69) is 26.7 Å². The van der Waals surface area contributed by atoms with Crippen molar-refractivity contribution < 1.29 is 8.78 Å². The quantitative estimate of drug-likeness (QED) is 0.236. The molecule has 0 aliphatic heterocycles. The molecule has 0 amide bonds. The van der Waals surface area contributed by atoms with Crippen LogP contribution in [0, 0.1) is 11.6 Å². The van der Waals surface area contributed by atoms with Gasteiger partial charge in [0.1, 0.15) is 17.3 Å². The molecular formula is C30H27F2N5. The van der Waals surface area contributed by atoms with Crippen LogP contribution in [0.5, 0.6) is 0 Å². The van der Waals surface area contributed by atoms with E-state index in [1.165, 1.54) is 12.1 Å². The number of fused-ring (bicyclic) bond motifs is 2. The van der Waals surface area contributed by atoms with Crippen molar-refractivity contribution in [3.05, 3.63) is 102 Å². The minimum Gasteiger partial charge on any atom is -0.352 e. The van der Waals surface area contributed by atoms with Gasteiger partial charge >= 0.3 is 0 Å².